The Morgan fingerprint density at radius 1 is 1.56 bits per heavy atom. The second-order valence-electron chi connectivity index (χ2n) is 3.15. The summed E-state index contributed by atoms with van der Waals surface area (Å²) in [5.74, 6) is 0.264. The maximum absolute atomic E-state index is 11.6. The fourth-order valence-corrected chi connectivity index (χ4v) is 1.36. The van der Waals surface area contributed by atoms with Crippen LogP contribution < -0.4 is 5.73 Å². The first-order valence-corrected chi connectivity index (χ1v) is 5.66. The second-order valence-corrected chi connectivity index (χ2v) is 3.52. The number of benzene rings is 1. The van der Waals surface area contributed by atoms with Crippen LogP contribution in [0.5, 0.6) is 0 Å². The number of ether oxygens (including phenoxy) is 1. The zero-order valence-electron chi connectivity index (χ0n) is 9.14. The minimum atomic E-state index is -0.388. The first-order chi connectivity index (χ1) is 7.69. The Morgan fingerprint density at radius 2 is 2.31 bits per heavy atom. The van der Waals surface area contributed by atoms with Crippen LogP contribution in [0.3, 0.4) is 0 Å². The minimum absolute atomic E-state index is 0.342. The molecule has 0 saturated carbocycles. The van der Waals surface area contributed by atoms with Crippen LogP contribution in [0.2, 0.25) is 0 Å². The fraction of sp³-hybridized carbons (Fsp3) is 0.250. The van der Waals surface area contributed by atoms with Crippen molar-refractivity contribution >= 4 is 30.4 Å². The summed E-state index contributed by atoms with van der Waals surface area (Å²) in [6.45, 7) is 2.10. The third kappa shape index (κ3) is 3.31. The maximum atomic E-state index is 11.6. The molecule has 0 saturated heterocycles. The zero-order valence-corrected chi connectivity index (χ0v) is 10.0. The Labute approximate surface area is 101 Å². The number of carbonyl (C=O) groups excluding carboxylic acids is 1. The van der Waals surface area contributed by atoms with Crippen LogP contribution >= 0.6 is 12.6 Å². The summed E-state index contributed by atoms with van der Waals surface area (Å²) in [7, 11) is 0. The smallest absolute Gasteiger partial charge is 0.340 e. The topological polar surface area (TPSA) is 52.3 Å². The first-order valence-electron chi connectivity index (χ1n) is 5.03. The molecule has 0 atom stereocenters. The highest BCUT2D eigenvalue weighted by molar-refractivity contribution is 7.80. The molecule has 0 aliphatic rings. The van der Waals surface area contributed by atoms with Crippen molar-refractivity contribution in [3.63, 3.8) is 0 Å². The number of carbonyl (C=O) groups is 1. The van der Waals surface area contributed by atoms with E-state index in [1.165, 1.54) is 0 Å². The van der Waals surface area contributed by atoms with E-state index in [4.69, 9.17) is 10.5 Å². The average Bonchev–Trinajstić information content (AvgIpc) is 2.28. The van der Waals surface area contributed by atoms with Crippen molar-refractivity contribution < 1.29 is 9.53 Å². The Hall–Kier alpha value is -1.42. The van der Waals surface area contributed by atoms with E-state index in [1.54, 1.807) is 19.1 Å². The van der Waals surface area contributed by atoms with Crippen molar-refractivity contribution in [2.75, 3.05) is 18.1 Å². The molecule has 1 aromatic carbocycles. The van der Waals surface area contributed by atoms with Gasteiger partial charge in [-0.1, -0.05) is 18.2 Å². The van der Waals surface area contributed by atoms with Gasteiger partial charge in [0, 0.05) is 11.4 Å². The predicted octanol–water partition coefficient (Wildman–Crippen LogP) is 2.39. The van der Waals surface area contributed by atoms with Crippen molar-refractivity contribution in [1.29, 1.82) is 0 Å². The number of hydrogen-bond acceptors (Lipinski definition) is 4. The molecule has 4 heteroatoms. The normalized spacial score (nSPS) is 10.6. The van der Waals surface area contributed by atoms with Crippen molar-refractivity contribution in [3.05, 3.63) is 35.4 Å². The first kappa shape index (κ1) is 12.6. The summed E-state index contributed by atoms with van der Waals surface area (Å²) >= 11 is 4.07. The lowest BCUT2D eigenvalue weighted by Crippen LogP contribution is -2.08. The van der Waals surface area contributed by atoms with Gasteiger partial charge in [-0.3, -0.25) is 0 Å². The van der Waals surface area contributed by atoms with Gasteiger partial charge < -0.3 is 10.5 Å². The van der Waals surface area contributed by atoms with Gasteiger partial charge in [-0.25, -0.2) is 4.79 Å². The Morgan fingerprint density at radius 3 is 2.94 bits per heavy atom. The molecule has 16 heavy (non-hydrogen) atoms. The van der Waals surface area contributed by atoms with Crippen molar-refractivity contribution in [2.45, 2.75) is 6.92 Å². The van der Waals surface area contributed by atoms with E-state index in [1.807, 2.05) is 18.2 Å². The molecule has 0 spiro atoms. The Bertz CT molecular complexity index is 402. The van der Waals surface area contributed by atoms with Crippen LogP contribution in [-0.4, -0.2) is 18.3 Å². The average molecular weight is 237 g/mol. The van der Waals surface area contributed by atoms with Gasteiger partial charge in [0.2, 0.25) is 0 Å². The highest BCUT2D eigenvalue weighted by Gasteiger charge is 2.10. The molecule has 0 aromatic heterocycles. The highest BCUT2D eigenvalue weighted by atomic mass is 32.1. The van der Waals surface area contributed by atoms with Gasteiger partial charge in [0.1, 0.15) is 0 Å². The van der Waals surface area contributed by atoms with Gasteiger partial charge in [-0.15, -0.1) is 0 Å². The lowest BCUT2D eigenvalue weighted by molar-refractivity contribution is 0.0527. The standard InChI is InChI=1S/C12H15NO2S/c1-2-15-12(14)10-8-9(4-3-7-16)5-6-11(10)13/h3-6,8,16H,2,7,13H2,1H3. The van der Waals surface area contributed by atoms with Crippen LogP contribution in [0, 0.1) is 0 Å². The van der Waals surface area contributed by atoms with Crippen LogP contribution in [0.15, 0.2) is 24.3 Å². The van der Waals surface area contributed by atoms with Gasteiger partial charge in [0.25, 0.3) is 0 Å². The van der Waals surface area contributed by atoms with Crippen LogP contribution in [-0.2, 0) is 4.74 Å². The third-order valence-electron chi connectivity index (χ3n) is 1.99. The molecule has 0 unspecified atom stereocenters. The molecule has 3 nitrogen and oxygen atoms in total. The molecule has 0 aliphatic carbocycles. The molecular weight excluding hydrogens is 222 g/mol. The number of nitrogens with two attached hydrogens (primary N) is 1. The number of thiol groups is 1. The summed E-state index contributed by atoms with van der Waals surface area (Å²) in [5.41, 5.74) is 7.46. The lowest BCUT2D eigenvalue weighted by atomic mass is 10.1. The Kier molecular flexibility index (Phi) is 4.92. The van der Waals surface area contributed by atoms with E-state index in [0.717, 1.165) is 5.56 Å². The summed E-state index contributed by atoms with van der Waals surface area (Å²) in [6.07, 6.45) is 3.78. The van der Waals surface area contributed by atoms with Gasteiger partial charge in [-0.2, -0.15) is 12.6 Å². The van der Waals surface area contributed by atoms with Gasteiger partial charge in [0.05, 0.1) is 12.2 Å². The largest absolute Gasteiger partial charge is 0.462 e. The fourth-order valence-electron chi connectivity index (χ4n) is 1.25. The Balaban J connectivity index is 2.98. The lowest BCUT2D eigenvalue weighted by Gasteiger charge is -2.06. The highest BCUT2D eigenvalue weighted by Crippen LogP contribution is 2.16. The molecule has 0 heterocycles. The molecule has 1 rings (SSSR count). The quantitative estimate of drug-likeness (QED) is 0.480. The molecule has 86 valence electrons. The van der Waals surface area contributed by atoms with Crippen molar-refractivity contribution in [1.82, 2.24) is 0 Å². The molecule has 1 aromatic rings. The van der Waals surface area contributed by atoms with Gasteiger partial charge in [0.15, 0.2) is 0 Å². The van der Waals surface area contributed by atoms with Crippen LogP contribution in [0.4, 0.5) is 5.69 Å². The number of anilines is 1. The van der Waals surface area contributed by atoms with Crippen molar-refractivity contribution in [2.24, 2.45) is 0 Å². The molecule has 0 aliphatic heterocycles. The zero-order chi connectivity index (χ0) is 12.0. The van der Waals surface area contributed by atoms with Crippen molar-refractivity contribution in [3.8, 4) is 0 Å². The van der Waals surface area contributed by atoms with E-state index in [-0.39, 0.29) is 5.97 Å². The van der Waals surface area contributed by atoms with E-state index in [9.17, 15) is 4.79 Å². The molecule has 0 fully saturated rings. The van der Waals surface area contributed by atoms with E-state index in [0.29, 0.717) is 23.6 Å². The number of nitrogen functional groups attached to an aromatic ring is 1. The summed E-state index contributed by atoms with van der Waals surface area (Å²) in [6, 6.07) is 5.26. The van der Waals surface area contributed by atoms with E-state index in [2.05, 4.69) is 12.6 Å². The minimum Gasteiger partial charge on any atom is -0.462 e. The SMILES string of the molecule is CCOC(=O)c1cc(C=CCS)ccc1N. The van der Waals surface area contributed by atoms with Gasteiger partial charge in [-0.05, 0) is 24.6 Å². The van der Waals surface area contributed by atoms with Crippen LogP contribution in [0.25, 0.3) is 6.08 Å². The number of rotatable bonds is 4. The summed E-state index contributed by atoms with van der Waals surface area (Å²) in [5, 5.41) is 0. The maximum Gasteiger partial charge on any atom is 0.340 e. The molecule has 0 bridgehead atoms. The molecule has 0 radical (unpaired) electrons. The van der Waals surface area contributed by atoms with Gasteiger partial charge >= 0.3 is 5.97 Å². The monoisotopic (exact) mass is 237 g/mol. The summed E-state index contributed by atoms with van der Waals surface area (Å²) < 4.78 is 4.91. The van der Waals surface area contributed by atoms with Crippen LogP contribution in [0.1, 0.15) is 22.8 Å². The predicted molar refractivity (Wildman–Crippen MR) is 69.7 cm³/mol. The number of hydrogen-bond donors (Lipinski definition) is 2. The number of esters is 1. The van der Waals surface area contributed by atoms with E-state index < -0.39 is 0 Å². The molecule has 0 amide bonds. The third-order valence-corrected chi connectivity index (χ3v) is 2.20. The van der Waals surface area contributed by atoms with E-state index >= 15 is 0 Å². The summed E-state index contributed by atoms with van der Waals surface area (Å²) in [4.78, 5) is 11.6. The second kappa shape index (κ2) is 6.23. The molecular formula is C12H15NO2S. The molecule has 2 N–H and O–H groups in total.